The molecule has 1 saturated heterocycles. The van der Waals surface area contributed by atoms with Crippen molar-refractivity contribution in [2.24, 2.45) is 0 Å². The molecule has 2 atom stereocenters. The minimum absolute atomic E-state index is 0.0220. The van der Waals surface area contributed by atoms with Gasteiger partial charge in [-0.3, -0.25) is 0 Å². The van der Waals surface area contributed by atoms with Crippen molar-refractivity contribution in [2.45, 2.75) is 51.4 Å². The summed E-state index contributed by atoms with van der Waals surface area (Å²) in [6, 6.07) is 7.79. The van der Waals surface area contributed by atoms with Gasteiger partial charge in [0, 0.05) is 17.2 Å². The molecular weight excluding hydrogens is 292 g/mol. The van der Waals surface area contributed by atoms with E-state index >= 15 is 0 Å². The van der Waals surface area contributed by atoms with Crippen molar-refractivity contribution in [3.05, 3.63) is 34.9 Å². The van der Waals surface area contributed by atoms with Gasteiger partial charge in [0.1, 0.15) is 6.10 Å². The molecule has 0 saturated carbocycles. The average molecular weight is 314 g/mol. The molecule has 5 heteroatoms. The molecular formula is C15H22ClO3Si. The zero-order valence-electron chi connectivity index (χ0n) is 12.5. The van der Waals surface area contributed by atoms with E-state index in [1.807, 2.05) is 38.1 Å². The van der Waals surface area contributed by atoms with Gasteiger partial charge in [0.15, 0.2) is 5.79 Å². The molecule has 0 aliphatic carbocycles. The van der Waals surface area contributed by atoms with E-state index in [4.69, 9.17) is 25.5 Å². The highest BCUT2D eigenvalue weighted by molar-refractivity contribution is 6.48. The Labute approximate surface area is 127 Å². The first kappa shape index (κ1) is 16.0. The third-order valence-corrected chi connectivity index (χ3v) is 4.31. The number of hydrogen-bond donors (Lipinski definition) is 0. The van der Waals surface area contributed by atoms with Crippen LogP contribution in [0.4, 0.5) is 0 Å². The molecule has 0 spiro atoms. The molecule has 0 amide bonds. The molecule has 1 radical (unpaired) electrons. The predicted octanol–water partition coefficient (Wildman–Crippen LogP) is 4.19. The van der Waals surface area contributed by atoms with Gasteiger partial charge in [0.05, 0.1) is 6.10 Å². The Kier molecular flexibility index (Phi) is 5.26. The Morgan fingerprint density at radius 3 is 2.60 bits per heavy atom. The molecule has 1 aliphatic rings. The first-order valence-corrected chi connectivity index (χ1v) is 9.71. The molecule has 1 aromatic rings. The number of halogens is 1. The maximum atomic E-state index is 6.29. The number of benzene rings is 1. The van der Waals surface area contributed by atoms with Crippen LogP contribution >= 0.6 is 11.6 Å². The van der Waals surface area contributed by atoms with Gasteiger partial charge in [0.2, 0.25) is 9.04 Å². The van der Waals surface area contributed by atoms with E-state index in [9.17, 15) is 0 Å². The van der Waals surface area contributed by atoms with Crippen LogP contribution < -0.4 is 0 Å². The molecule has 0 unspecified atom stereocenters. The quantitative estimate of drug-likeness (QED) is 0.763. The molecule has 3 nitrogen and oxygen atoms in total. The second-order valence-electron chi connectivity index (χ2n) is 5.66. The third-order valence-electron chi connectivity index (χ3n) is 3.19. The minimum atomic E-state index is -0.666. The molecule has 1 heterocycles. The molecule has 2 rings (SSSR count). The Balaban J connectivity index is 2.10. The summed E-state index contributed by atoms with van der Waals surface area (Å²) in [7, 11) is -0.666. The van der Waals surface area contributed by atoms with Crippen LogP contribution in [0.15, 0.2) is 24.3 Å². The minimum Gasteiger partial charge on any atom is -0.417 e. The summed E-state index contributed by atoms with van der Waals surface area (Å²) < 4.78 is 17.8. The van der Waals surface area contributed by atoms with E-state index in [0.717, 1.165) is 17.0 Å². The first-order chi connectivity index (χ1) is 9.39. The van der Waals surface area contributed by atoms with Crippen molar-refractivity contribution in [2.75, 3.05) is 6.61 Å². The first-order valence-electron chi connectivity index (χ1n) is 6.92. The van der Waals surface area contributed by atoms with Crippen LogP contribution in [-0.2, 0) is 13.9 Å². The van der Waals surface area contributed by atoms with Gasteiger partial charge >= 0.3 is 0 Å². The summed E-state index contributed by atoms with van der Waals surface area (Å²) >= 11 is 6.29. The van der Waals surface area contributed by atoms with Gasteiger partial charge in [-0.1, -0.05) is 29.8 Å². The largest absolute Gasteiger partial charge is 0.417 e. The molecule has 1 fully saturated rings. The van der Waals surface area contributed by atoms with Crippen molar-refractivity contribution >= 4 is 20.6 Å². The topological polar surface area (TPSA) is 27.7 Å². The predicted molar refractivity (Wildman–Crippen MR) is 82.3 cm³/mol. The fourth-order valence-electron chi connectivity index (χ4n) is 2.39. The number of hydrogen-bond acceptors (Lipinski definition) is 3. The summed E-state index contributed by atoms with van der Waals surface area (Å²) in [5.74, 6) is -0.583. The van der Waals surface area contributed by atoms with Crippen molar-refractivity contribution in [3.8, 4) is 0 Å². The lowest BCUT2D eigenvalue weighted by atomic mass is 10.0. The van der Waals surface area contributed by atoms with Crippen LogP contribution in [0.5, 0.6) is 0 Å². The van der Waals surface area contributed by atoms with E-state index in [1.165, 1.54) is 0 Å². The normalized spacial score (nSPS) is 25.3. The summed E-state index contributed by atoms with van der Waals surface area (Å²) in [5, 5.41) is 0.723. The van der Waals surface area contributed by atoms with Crippen molar-refractivity contribution in [3.63, 3.8) is 0 Å². The smallest absolute Gasteiger partial charge is 0.204 e. The highest BCUT2D eigenvalue weighted by Gasteiger charge is 2.42. The summed E-state index contributed by atoms with van der Waals surface area (Å²) in [6.07, 6.45) is 0.660. The average Bonchev–Trinajstić information content (AvgIpc) is 2.65. The molecule has 0 aromatic heterocycles. The second-order valence-corrected chi connectivity index (χ2v) is 8.17. The van der Waals surface area contributed by atoms with Crippen LogP contribution in [0.25, 0.3) is 0 Å². The van der Waals surface area contributed by atoms with Crippen LogP contribution in [0.2, 0.25) is 18.1 Å². The summed E-state index contributed by atoms with van der Waals surface area (Å²) in [4.78, 5) is 0. The zero-order valence-corrected chi connectivity index (χ0v) is 14.2. The van der Waals surface area contributed by atoms with Gasteiger partial charge < -0.3 is 13.9 Å². The van der Waals surface area contributed by atoms with Gasteiger partial charge in [-0.15, -0.1) is 0 Å². The lowest BCUT2D eigenvalue weighted by Gasteiger charge is -2.18. The molecule has 1 aliphatic heterocycles. The lowest BCUT2D eigenvalue weighted by Crippen LogP contribution is -2.23. The van der Waals surface area contributed by atoms with Crippen LogP contribution in [0, 0.1) is 0 Å². The van der Waals surface area contributed by atoms with E-state index in [-0.39, 0.29) is 12.2 Å². The van der Waals surface area contributed by atoms with E-state index in [0.29, 0.717) is 6.61 Å². The van der Waals surface area contributed by atoms with Crippen LogP contribution in [0.1, 0.15) is 31.9 Å². The van der Waals surface area contributed by atoms with E-state index in [2.05, 4.69) is 13.1 Å². The van der Waals surface area contributed by atoms with Crippen LogP contribution in [-0.4, -0.2) is 27.5 Å². The highest BCUT2D eigenvalue weighted by Crippen LogP contribution is 2.41. The van der Waals surface area contributed by atoms with Crippen LogP contribution in [0.3, 0.4) is 0 Å². The molecule has 1 aromatic carbocycles. The molecule has 20 heavy (non-hydrogen) atoms. The molecule has 111 valence electrons. The van der Waals surface area contributed by atoms with Gasteiger partial charge in [-0.2, -0.15) is 0 Å². The van der Waals surface area contributed by atoms with Gasteiger partial charge in [-0.25, -0.2) is 0 Å². The third kappa shape index (κ3) is 4.05. The van der Waals surface area contributed by atoms with E-state index < -0.39 is 14.8 Å². The summed E-state index contributed by atoms with van der Waals surface area (Å²) in [5.41, 5.74) is 0.989. The lowest BCUT2D eigenvalue weighted by molar-refractivity contribution is -0.147. The maximum Gasteiger partial charge on any atom is 0.204 e. The van der Waals surface area contributed by atoms with Crippen molar-refractivity contribution < 1.29 is 13.9 Å². The van der Waals surface area contributed by atoms with Crippen molar-refractivity contribution in [1.82, 2.24) is 0 Å². The van der Waals surface area contributed by atoms with E-state index in [1.54, 1.807) is 0 Å². The maximum absolute atomic E-state index is 6.29. The second kappa shape index (κ2) is 6.58. The van der Waals surface area contributed by atoms with Crippen molar-refractivity contribution in [1.29, 1.82) is 0 Å². The Morgan fingerprint density at radius 1 is 1.25 bits per heavy atom. The fourth-order valence-corrected chi connectivity index (χ4v) is 3.16. The SMILES string of the molecule is C[Si](C)OCC[C@H]1OC(C)(C)O[C@@H]1c1ccccc1Cl. The molecule has 0 bridgehead atoms. The number of rotatable bonds is 5. The zero-order chi connectivity index (χ0) is 14.8. The Bertz CT molecular complexity index is 450. The molecule has 0 N–H and O–H groups in total. The van der Waals surface area contributed by atoms with Gasteiger partial charge in [0.25, 0.3) is 0 Å². The highest BCUT2D eigenvalue weighted by atomic mass is 35.5. The Hall–Kier alpha value is -0.393. The Morgan fingerprint density at radius 2 is 1.95 bits per heavy atom. The summed E-state index contributed by atoms with van der Waals surface area (Å²) in [6.45, 7) is 8.84. The fraction of sp³-hybridized carbons (Fsp3) is 0.600. The van der Waals surface area contributed by atoms with Gasteiger partial charge in [-0.05, 0) is 39.4 Å². The monoisotopic (exact) mass is 313 g/mol. The number of ether oxygens (including phenoxy) is 2. The standard InChI is InChI=1S/C15H22ClO3Si/c1-15(2)18-13(9-10-17-20(3)4)14(19-15)11-7-5-6-8-12(11)16/h5-8,13-14H,9-10H2,1-4H3/t13-,14-/m1/s1.